The SMILES string of the molecule is COc1ccc(C(=O)NC(C)c2ccc(Cl)cc2)cc1C. The highest BCUT2D eigenvalue weighted by Crippen LogP contribution is 2.20. The molecule has 1 amide bonds. The molecular weight excluding hydrogens is 286 g/mol. The van der Waals surface area contributed by atoms with Gasteiger partial charge in [-0.2, -0.15) is 0 Å². The number of nitrogens with one attached hydrogen (secondary N) is 1. The van der Waals surface area contributed by atoms with E-state index in [4.69, 9.17) is 16.3 Å². The fraction of sp³-hybridized carbons (Fsp3) is 0.235. The molecule has 0 aliphatic heterocycles. The van der Waals surface area contributed by atoms with Crippen LogP contribution in [0.25, 0.3) is 0 Å². The van der Waals surface area contributed by atoms with Gasteiger partial charge in [0.2, 0.25) is 0 Å². The first-order chi connectivity index (χ1) is 10.0. The molecule has 0 bridgehead atoms. The Balaban J connectivity index is 2.10. The number of halogens is 1. The predicted molar refractivity (Wildman–Crippen MR) is 85.1 cm³/mol. The van der Waals surface area contributed by atoms with Crippen LogP contribution in [0.1, 0.15) is 34.5 Å². The molecule has 3 nitrogen and oxygen atoms in total. The third kappa shape index (κ3) is 3.76. The summed E-state index contributed by atoms with van der Waals surface area (Å²) in [6.07, 6.45) is 0. The summed E-state index contributed by atoms with van der Waals surface area (Å²) in [6, 6.07) is 12.8. The van der Waals surface area contributed by atoms with Gasteiger partial charge >= 0.3 is 0 Å². The summed E-state index contributed by atoms with van der Waals surface area (Å²) in [6.45, 7) is 3.86. The van der Waals surface area contributed by atoms with Gasteiger partial charge in [-0.25, -0.2) is 0 Å². The topological polar surface area (TPSA) is 38.3 Å². The second-order valence-corrected chi connectivity index (χ2v) is 5.37. The molecule has 0 aliphatic carbocycles. The molecule has 0 fully saturated rings. The molecule has 1 unspecified atom stereocenters. The number of methoxy groups -OCH3 is 1. The average molecular weight is 304 g/mol. The lowest BCUT2D eigenvalue weighted by Crippen LogP contribution is -2.26. The lowest BCUT2D eigenvalue weighted by atomic mass is 10.1. The Bertz CT molecular complexity index is 638. The molecule has 0 saturated heterocycles. The van der Waals surface area contributed by atoms with Crippen LogP contribution < -0.4 is 10.1 Å². The minimum atomic E-state index is -0.108. The van der Waals surface area contributed by atoms with Gasteiger partial charge in [0.05, 0.1) is 13.2 Å². The van der Waals surface area contributed by atoms with Crippen LogP contribution in [-0.2, 0) is 0 Å². The first-order valence-electron chi connectivity index (χ1n) is 6.72. The molecule has 0 aliphatic rings. The fourth-order valence-electron chi connectivity index (χ4n) is 2.13. The molecule has 110 valence electrons. The zero-order valence-corrected chi connectivity index (χ0v) is 13.1. The normalized spacial score (nSPS) is 11.8. The van der Waals surface area contributed by atoms with Gasteiger partial charge < -0.3 is 10.1 Å². The minimum absolute atomic E-state index is 0.0859. The van der Waals surface area contributed by atoms with E-state index in [0.29, 0.717) is 10.6 Å². The summed E-state index contributed by atoms with van der Waals surface area (Å²) in [5.41, 5.74) is 2.57. The van der Waals surface area contributed by atoms with Crippen LogP contribution >= 0.6 is 11.6 Å². The van der Waals surface area contributed by atoms with E-state index in [0.717, 1.165) is 16.9 Å². The standard InChI is InChI=1S/C17H18ClNO2/c1-11-10-14(6-9-16(11)21-3)17(20)19-12(2)13-4-7-15(18)8-5-13/h4-10,12H,1-3H3,(H,19,20). The van der Waals surface area contributed by atoms with Crippen molar-refractivity contribution >= 4 is 17.5 Å². The van der Waals surface area contributed by atoms with E-state index < -0.39 is 0 Å². The number of amides is 1. The lowest BCUT2D eigenvalue weighted by molar-refractivity contribution is 0.0940. The Kier molecular flexibility index (Phi) is 4.86. The zero-order chi connectivity index (χ0) is 15.4. The molecule has 0 spiro atoms. The van der Waals surface area contributed by atoms with Crippen LogP contribution in [0.2, 0.25) is 5.02 Å². The zero-order valence-electron chi connectivity index (χ0n) is 12.3. The smallest absolute Gasteiger partial charge is 0.251 e. The van der Waals surface area contributed by atoms with Gasteiger partial charge in [-0.1, -0.05) is 23.7 Å². The van der Waals surface area contributed by atoms with E-state index >= 15 is 0 Å². The Labute approximate surface area is 129 Å². The maximum atomic E-state index is 12.3. The average Bonchev–Trinajstić information content (AvgIpc) is 2.47. The van der Waals surface area contributed by atoms with E-state index in [1.165, 1.54) is 0 Å². The predicted octanol–water partition coefficient (Wildman–Crippen LogP) is 4.15. The van der Waals surface area contributed by atoms with Gasteiger partial charge in [-0.15, -0.1) is 0 Å². The maximum Gasteiger partial charge on any atom is 0.251 e. The van der Waals surface area contributed by atoms with Crippen molar-refractivity contribution in [2.24, 2.45) is 0 Å². The molecule has 1 N–H and O–H groups in total. The van der Waals surface area contributed by atoms with Crippen LogP contribution in [0.5, 0.6) is 5.75 Å². The summed E-state index contributed by atoms with van der Waals surface area (Å²) < 4.78 is 5.20. The van der Waals surface area contributed by atoms with Crippen molar-refractivity contribution in [1.82, 2.24) is 5.32 Å². The second kappa shape index (κ2) is 6.64. The Morgan fingerprint density at radius 1 is 1.19 bits per heavy atom. The van der Waals surface area contributed by atoms with Crippen molar-refractivity contribution in [2.45, 2.75) is 19.9 Å². The molecule has 0 saturated carbocycles. The van der Waals surface area contributed by atoms with E-state index in [1.807, 2.05) is 44.2 Å². The van der Waals surface area contributed by atoms with Gasteiger partial charge in [0, 0.05) is 10.6 Å². The number of carbonyl (C=O) groups is 1. The highest BCUT2D eigenvalue weighted by atomic mass is 35.5. The van der Waals surface area contributed by atoms with Crippen LogP contribution in [0.4, 0.5) is 0 Å². The molecule has 0 aromatic heterocycles. The highest BCUT2D eigenvalue weighted by Gasteiger charge is 2.12. The van der Waals surface area contributed by atoms with Crippen LogP contribution in [-0.4, -0.2) is 13.0 Å². The van der Waals surface area contributed by atoms with E-state index in [1.54, 1.807) is 19.2 Å². The van der Waals surface area contributed by atoms with Crippen molar-refractivity contribution in [1.29, 1.82) is 0 Å². The summed E-state index contributed by atoms with van der Waals surface area (Å²) in [5, 5.41) is 3.66. The third-order valence-corrected chi connectivity index (χ3v) is 3.63. The van der Waals surface area contributed by atoms with Gasteiger partial charge in [-0.05, 0) is 55.3 Å². The quantitative estimate of drug-likeness (QED) is 0.921. The third-order valence-electron chi connectivity index (χ3n) is 3.37. The van der Waals surface area contributed by atoms with Crippen molar-refractivity contribution in [2.75, 3.05) is 7.11 Å². The summed E-state index contributed by atoms with van der Waals surface area (Å²) >= 11 is 5.86. The molecule has 2 aromatic carbocycles. The molecular formula is C17H18ClNO2. The van der Waals surface area contributed by atoms with Crippen molar-refractivity contribution in [3.63, 3.8) is 0 Å². The fourth-order valence-corrected chi connectivity index (χ4v) is 2.26. The highest BCUT2D eigenvalue weighted by molar-refractivity contribution is 6.30. The first kappa shape index (κ1) is 15.4. The van der Waals surface area contributed by atoms with Crippen LogP contribution in [0, 0.1) is 6.92 Å². The minimum Gasteiger partial charge on any atom is -0.496 e. The van der Waals surface area contributed by atoms with Gasteiger partial charge in [0.25, 0.3) is 5.91 Å². The Morgan fingerprint density at radius 2 is 1.86 bits per heavy atom. The van der Waals surface area contributed by atoms with Crippen LogP contribution in [0.15, 0.2) is 42.5 Å². The molecule has 2 rings (SSSR count). The van der Waals surface area contributed by atoms with Crippen molar-refractivity contribution < 1.29 is 9.53 Å². The largest absolute Gasteiger partial charge is 0.496 e. The molecule has 0 radical (unpaired) electrons. The van der Waals surface area contributed by atoms with E-state index in [2.05, 4.69) is 5.32 Å². The number of benzene rings is 2. The van der Waals surface area contributed by atoms with Gasteiger partial charge in [0.1, 0.15) is 5.75 Å². The lowest BCUT2D eigenvalue weighted by Gasteiger charge is -2.15. The number of hydrogen-bond donors (Lipinski definition) is 1. The van der Waals surface area contributed by atoms with E-state index in [-0.39, 0.29) is 11.9 Å². The summed E-state index contributed by atoms with van der Waals surface area (Å²) in [7, 11) is 1.62. The number of rotatable bonds is 4. The molecule has 4 heteroatoms. The van der Waals surface area contributed by atoms with E-state index in [9.17, 15) is 4.79 Å². The molecule has 2 aromatic rings. The van der Waals surface area contributed by atoms with Gasteiger partial charge in [-0.3, -0.25) is 4.79 Å². The number of carbonyl (C=O) groups excluding carboxylic acids is 1. The monoisotopic (exact) mass is 303 g/mol. The van der Waals surface area contributed by atoms with Crippen molar-refractivity contribution in [3.05, 3.63) is 64.2 Å². The molecule has 21 heavy (non-hydrogen) atoms. The maximum absolute atomic E-state index is 12.3. The summed E-state index contributed by atoms with van der Waals surface area (Å²) in [5.74, 6) is 0.667. The number of aryl methyl sites for hydroxylation is 1. The Hall–Kier alpha value is -2.00. The van der Waals surface area contributed by atoms with Crippen LogP contribution in [0.3, 0.4) is 0 Å². The molecule has 1 atom stereocenters. The Morgan fingerprint density at radius 3 is 2.43 bits per heavy atom. The second-order valence-electron chi connectivity index (χ2n) is 4.93. The van der Waals surface area contributed by atoms with Gasteiger partial charge in [0.15, 0.2) is 0 Å². The number of hydrogen-bond acceptors (Lipinski definition) is 2. The first-order valence-corrected chi connectivity index (χ1v) is 7.10. The number of ether oxygens (including phenoxy) is 1. The van der Waals surface area contributed by atoms with Crippen molar-refractivity contribution in [3.8, 4) is 5.75 Å². The molecule has 0 heterocycles. The summed E-state index contributed by atoms with van der Waals surface area (Å²) in [4.78, 5) is 12.3.